The van der Waals surface area contributed by atoms with Gasteiger partial charge in [-0.25, -0.2) is 0 Å². The van der Waals surface area contributed by atoms with Crippen molar-refractivity contribution in [1.82, 2.24) is 0 Å². The van der Waals surface area contributed by atoms with Gasteiger partial charge in [0.05, 0.1) is 31.0 Å². The summed E-state index contributed by atoms with van der Waals surface area (Å²) in [5.41, 5.74) is 19.8. The maximum atomic E-state index is 14.2. The largest absolute Gasteiger partial charge is 0.875 e. The van der Waals surface area contributed by atoms with E-state index in [0.29, 0.717) is 71.4 Å². The molecule has 3 aromatic rings. The number of aliphatic hydroxyl groups is 1. The van der Waals surface area contributed by atoms with Gasteiger partial charge in [-0.1, -0.05) is 96.4 Å². The molecule has 4 aliphatic rings. The molecule has 7 N–H and O–H groups in total. The number of carbonyl (C=O) groups excluding carboxylic acids is 1. The molecule has 65 heavy (non-hydrogen) atoms. The van der Waals surface area contributed by atoms with E-state index in [2.05, 4.69) is 35.9 Å². The molecule has 0 spiro atoms. The summed E-state index contributed by atoms with van der Waals surface area (Å²) in [4.78, 5) is 18.0. The van der Waals surface area contributed by atoms with Crippen LogP contribution in [-0.2, 0) is 23.4 Å². The number of nitrogens with zero attached hydrogens (tertiary/aromatic N) is 1. The molecule has 346 valence electrons. The van der Waals surface area contributed by atoms with Gasteiger partial charge in [-0.2, -0.15) is 0 Å². The SMILES string of the molecule is CCCCC[C@H](CC[C@]12/C=C\C(=O)CCc3ccc(O)c(c3)OCCc3ccc(O)c(c3)[C@H]3CC([O-])=C4C=CN=C4CC#Cc4cc(C(N)N)c(cc43)CSSC[C@@H](CC1)C2)C[C@H](C)O. The van der Waals surface area contributed by atoms with E-state index >= 15 is 0 Å². The number of hydrogen-bond donors (Lipinski definition) is 5. The second kappa shape index (κ2) is 22.8. The number of rotatable bonds is 10. The van der Waals surface area contributed by atoms with Crippen molar-refractivity contribution in [3.63, 3.8) is 0 Å². The maximum Gasteiger partial charge on any atom is 0.161 e. The Hall–Kier alpha value is -4.44. The van der Waals surface area contributed by atoms with E-state index in [0.717, 1.165) is 78.5 Å². The van der Waals surface area contributed by atoms with Gasteiger partial charge < -0.3 is 36.6 Å². The molecule has 9 nitrogen and oxygen atoms in total. The van der Waals surface area contributed by atoms with Crippen molar-refractivity contribution in [2.45, 2.75) is 134 Å². The molecule has 11 heteroatoms. The molecule has 3 aromatic carbocycles. The Morgan fingerprint density at radius 2 is 1.80 bits per heavy atom. The highest BCUT2D eigenvalue weighted by molar-refractivity contribution is 8.76. The van der Waals surface area contributed by atoms with E-state index in [9.17, 15) is 25.2 Å². The lowest BCUT2D eigenvalue weighted by molar-refractivity contribution is -0.307. The zero-order valence-electron chi connectivity index (χ0n) is 38.0. The predicted octanol–water partition coefficient (Wildman–Crippen LogP) is 9.98. The lowest BCUT2D eigenvalue weighted by atomic mass is 9.76. The van der Waals surface area contributed by atoms with Crippen molar-refractivity contribution in [2.24, 2.45) is 33.7 Å². The minimum atomic E-state index is -0.751. The van der Waals surface area contributed by atoms with E-state index in [1.165, 1.54) is 19.3 Å². The van der Waals surface area contributed by atoms with Gasteiger partial charge in [0.1, 0.15) is 5.75 Å². The molecule has 0 saturated heterocycles. The van der Waals surface area contributed by atoms with Crippen LogP contribution in [0.2, 0.25) is 0 Å². The smallest absolute Gasteiger partial charge is 0.161 e. The van der Waals surface area contributed by atoms with Crippen LogP contribution in [0.1, 0.15) is 148 Å². The molecular formula is C54H66N3O6S2-. The Kier molecular flexibility index (Phi) is 17.0. The van der Waals surface area contributed by atoms with Gasteiger partial charge in [0.25, 0.3) is 0 Å². The van der Waals surface area contributed by atoms with Crippen LogP contribution in [0.3, 0.4) is 0 Å². The van der Waals surface area contributed by atoms with E-state index in [1.807, 2.05) is 54.1 Å². The summed E-state index contributed by atoms with van der Waals surface area (Å²) in [6, 6.07) is 14.8. The van der Waals surface area contributed by atoms with Crippen LogP contribution in [0.4, 0.5) is 0 Å². The number of unbranched alkanes of at least 4 members (excludes halogenated alkanes) is 2. The van der Waals surface area contributed by atoms with Crippen LogP contribution < -0.4 is 21.3 Å². The van der Waals surface area contributed by atoms with Crippen molar-refractivity contribution in [3.05, 3.63) is 123 Å². The van der Waals surface area contributed by atoms with Gasteiger partial charge in [-0.15, -0.1) is 5.76 Å². The average Bonchev–Trinajstić information content (AvgIpc) is 3.93. The first-order valence-corrected chi connectivity index (χ1v) is 26.1. The highest BCUT2D eigenvalue weighted by Crippen LogP contribution is 2.50. The van der Waals surface area contributed by atoms with E-state index < -0.39 is 12.1 Å². The Labute approximate surface area is 393 Å². The van der Waals surface area contributed by atoms with Gasteiger partial charge >= 0.3 is 0 Å². The molecule has 1 fully saturated rings. The average molecular weight is 917 g/mol. The van der Waals surface area contributed by atoms with Crippen LogP contribution in [0.25, 0.3) is 0 Å². The number of aromatic hydroxyl groups is 2. The minimum absolute atomic E-state index is 0.0212. The molecule has 1 saturated carbocycles. The van der Waals surface area contributed by atoms with Crippen molar-refractivity contribution >= 4 is 33.1 Å². The number of nitrogens with two attached hydrogens (primary N) is 2. The first kappa shape index (κ1) is 48.5. The van der Waals surface area contributed by atoms with Crippen molar-refractivity contribution < 1.29 is 30.0 Å². The van der Waals surface area contributed by atoms with Gasteiger partial charge in [0, 0.05) is 47.6 Å². The van der Waals surface area contributed by atoms with Crippen LogP contribution in [0.5, 0.6) is 17.2 Å². The fourth-order valence-electron chi connectivity index (χ4n) is 10.1. The second-order valence-electron chi connectivity index (χ2n) is 18.7. The molecule has 8 bridgehead atoms. The molecule has 0 radical (unpaired) electrons. The molecule has 0 unspecified atom stereocenters. The molecule has 0 amide bonds. The summed E-state index contributed by atoms with van der Waals surface area (Å²) in [5, 5.41) is 46.9. The fourth-order valence-corrected chi connectivity index (χ4v) is 12.6. The molecule has 2 aliphatic carbocycles. The maximum absolute atomic E-state index is 14.2. The van der Waals surface area contributed by atoms with E-state index in [4.69, 9.17) is 16.2 Å². The van der Waals surface area contributed by atoms with Crippen molar-refractivity contribution in [3.8, 4) is 29.1 Å². The third-order valence-corrected chi connectivity index (χ3v) is 16.2. The number of carbonyl (C=O) groups is 1. The lowest BCUT2D eigenvalue weighted by Gasteiger charge is -2.29. The first-order valence-electron chi connectivity index (χ1n) is 23.6. The number of aryl methyl sites for hydroxylation is 1. The topological polar surface area (TPSA) is 174 Å². The molecule has 7 rings (SSSR count). The summed E-state index contributed by atoms with van der Waals surface area (Å²) in [6.45, 7) is 4.37. The number of aliphatic hydroxyl groups excluding tert-OH is 1. The van der Waals surface area contributed by atoms with Crippen molar-refractivity contribution in [2.75, 3.05) is 12.4 Å². The summed E-state index contributed by atoms with van der Waals surface area (Å²) >= 11 is 0. The highest BCUT2D eigenvalue weighted by Gasteiger charge is 2.37. The summed E-state index contributed by atoms with van der Waals surface area (Å²) in [5.74, 6) is 9.07. The van der Waals surface area contributed by atoms with E-state index in [-0.39, 0.29) is 47.6 Å². The number of fused-ring (bicyclic) bond motifs is 9. The van der Waals surface area contributed by atoms with Gasteiger partial charge in [0.2, 0.25) is 0 Å². The summed E-state index contributed by atoms with van der Waals surface area (Å²) in [6.07, 6.45) is 18.7. The minimum Gasteiger partial charge on any atom is -0.875 e. The number of benzene rings is 3. The van der Waals surface area contributed by atoms with Crippen LogP contribution >= 0.6 is 21.6 Å². The number of ether oxygens (including phenoxy) is 1. The quantitative estimate of drug-likeness (QED) is 0.0570. The lowest BCUT2D eigenvalue weighted by Crippen LogP contribution is -2.23. The Morgan fingerprint density at radius 3 is 2.60 bits per heavy atom. The molecule has 2 heterocycles. The summed E-state index contributed by atoms with van der Waals surface area (Å²) in [7, 11) is 3.63. The second-order valence-corrected chi connectivity index (χ2v) is 21.2. The van der Waals surface area contributed by atoms with Crippen LogP contribution in [0, 0.1) is 29.1 Å². The normalized spacial score (nSPS) is 23.0. The van der Waals surface area contributed by atoms with E-state index in [1.54, 1.807) is 35.2 Å². The van der Waals surface area contributed by atoms with Gasteiger partial charge in [-0.05, 0) is 145 Å². The Morgan fingerprint density at radius 1 is 0.985 bits per heavy atom. The van der Waals surface area contributed by atoms with Crippen LogP contribution in [-0.4, -0.2) is 45.3 Å². The standard InChI is InChI=1S/C54H67N3O6S2/c1-3-4-5-7-36(26-35(2)58)16-21-54-22-17-39(32-54)33-64-65-34-41-30-44-40(29-45(41)53(55)56)8-6-9-48-43(19-24-57-48)51(62)31-46(44)47-27-38(11-14-49(47)60)20-25-63-52-28-37(12-15-50(52)61)10-13-42(59)18-23-54/h11-12,14-15,18-19,23-24,27-30,35-36,39,46,53,58,60-62H,3-5,7,9-10,13,16-17,20-22,25-26,31-34,55-56H2,1-2H3/p-1/b23-18-,51-43?/t35-,36+,39-,46-,54+/m0/s1. The third kappa shape index (κ3) is 12.9. The number of ketones is 1. The van der Waals surface area contributed by atoms with Gasteiger partial charge in [0.15, 0.2) is 17.3 Å². The zero-order valence-corrected chi connectivity index (χ0v) is 39.7. The number of phenols is 2. The number of hydrogen-bond acceptors (Lipinski definition) is 11. The number of aliphatic imine (C=N–C) groups is 1. The third-order valence-electron chi connectivity index (χ3n) is 13.7. The molecular weight excluding hydrogens is 851 g/mol. The monoisotopic (exact) mass is 916 g/mol. The predicted molar refractivity (Wildman–Crippen MR) is 264 cm³/mol. The Bertz CT molecular complexity index is 2360. The first-order chi connectivity index (χ1) is 31.4. The molecule has 2 aliphatic heterocycles. The van der Waals surface area contributed by atoms with Crippen LogP contribution in [0.15, 0.2) is 89.3 Å². The molecule has 5 atom stereocenters. The highest BCUT2D eigenvalue weighted by atomic mass is 33.1. The Balaban J connectivity index is 1.23. The summed E-state index contributed by atoms with van der Waals surface area (Å²) < 4.78 is 6.16. The number of phenolic OH excluding ortho intramolecular Hbond substituents is 2. The number of allylic oxidation sites excluding steroid dienone is 5. The zero-order chi connectivity index (χ0) is 45.9. The fraction of sp³-hybridized carbons (Fsp3) is 0.481. The molecule has 0 aromatic heterocycles. The van der Waals surface area contributed by atoms with Gasteiger partial charge in [-0.3, -0.25) is 9.79 Å². The van der Waals surface area contributed by atoms with Crippen molar-refractivity contribution in [1.29, 1.82) is 0 Å².